The highest BCUT2D eigenvalue weighted by molar-refractivity contribution is 5.97. The molecule has 0 aliphatic carbocycles. The van der Waals surface area contributed by atoms with Crippen LogP contribution in [0.1, 0.15) is 10.4 Å². The SMILES string of the molecule is COc1cc(OC)c(C(=O)NCCN=[N+]=[N-])cc1OC. The highest BCUT2D eigenvalue weighted by Crippen LogP contribution is 2.34. The van der Waals surface area contributed by atoms with Gasteiger partial charge in [-0.3, -0.25) is 4.79 Å². The molecule has 0 radical (unpaired) electrons. The summed E-state index contributed by atoms with van der Waals surface area (Å²) in [6, 6.07) is 3.10. The summed E-state index contributed by atoms with van der Waals surface area (Å²) in [5.74, 6) is 0.906. The van der Waals surface area contributed by atoms with Crippen LogP contribution in [0.5, 0.6) is 17.2 Å². The number of benzene rings is 1. The van der Waals surface area contributed by atoms with Gasteiger partial charge in [0.1, 0.15) is 5.75 Å². The first-order valence-corrected chi connectivity index (χ1v) is 5.77. The van der Waals surface area contributed by atoms with Gasteiger partial charge in [-0.2, -0.15) is 0 Å². The Hall–Kier alpha value is -2.60. The molecule has 1 aromatic carbocycles. The molecule has 20 heavy (non-hydrogen) atoms. The van der Waals surface area contributed by atoms with Gasteiger partial charge in [-0.05, 0) is 5.53 Å². The molecule has 1 rings (SSSR count). The third-order valence-electron chi connectivity index (χ3n) is 2.51. The van der Waals surface area contributed by atoms with Gasteiger partial charge in [-0.15, -0.1) is 0 Å². The molecule has 8 nitrogen and oxygen atoms in total. The summed E-state index contributed by atoms with van der Waals surface area (Å²) in [4.78, 5) is 14.6. The van der Waals surface area contributed by atoms with Crippen LogP contribution in [0, 0.1) is 0 Å². The van der Waals surface area contributed by atoms with Gasteiger partial charge in [-0.25, -0.2) is 0 Å². The van der Waals surface area contributed by atoms with Gasteiger partial charge in [0, 0.05) is 30.1 Å². The summed E-state index contributed by atoms with van der Waals surface area (Å²) >= 11 is 0. The topological polar surface area (TPSA) is 106 Å². The first-order valence-electron chi connectivity index (χ1n) is 5.77. The fraction of sp³-hybridized carbons (Fsp3) is 0.417. The van der Waals surface area contributed by atoms with Crippen molar-refractivity contribution in [3.8, 4) is 17.2 Å². The van der Waals surface area contributed by atoms with E-state index in [0.29, 0.717) is 22.8 Å². The minimum atomic E-state index is -0.351. The Labute approximate surface area is 116 Å². The average Bonchev–Trinajstić information content (AvgIpc) is 2.49. The number of hydrogen-bond donors (Lipinski definition) is 1. The molecule has 1 N–H and O–H groups in total. The van der Waals surface area contributed by atoms with Crippen LogP contribution in [-0.4, -0.2) is 40.3 Å². The maximum atomic E-state index is 12.0. The predicted octanol–water partition coefficient (Wildman–Crippen LogP) is 1.75. The molecule has 8 heteroatoms. The van der Waals surface area contributed by atoms with Crippen molar-refractivity contribution in [1.82, 2.24) is 5.32 Å². The zero-order valence-electron chi connectivity index (χ0n) is 11.5. The van der Waals surface area contributed by atoms with Gasteiger partial charge in [0.15, 0.2) is 11.5 Å². The molecule has 0 unspecified atom stereocenters. The summed E-state index contributed by atoms with van der Waals surface area (Å²) in [6.07, 6.45) is 0. The van der Waals surface area contributed by atoms with Gasteiger partial charge >= 0.3 is 0 Å². The van der Waals surface area contributed by atoms with Gasteiger partial charge in [0.05, 0.1) is 26.9 Å². The molecule has 0 spiro atoms. The number of carbonyl (C=O) groups is 1. The third-order valence-corrected chi connectivity index (χ3v) is 2.51. The number of nitrogens with zero attached hydrogens (tertiary/aromatic N) is 3. The fourth-order valence-corrected chi connectivity index (χ4v) is 1.57. The van der Waals surface area contributed by atoms with Gasteiger partial charge < -0.3 is 19.5 Å². The van der Waals surface area contributed by atoms with Crippen molar-refractivity contribution in [1.29, 1.82) is 0 Å². The van der Waals surface area contributed by atoms with Crippen LogP contribution >= 0.6 is 0 Å². The van der Waals surface area contributed by atoms with E-state index < -0.39 is 0 Å². The lowest BCUT2D eigenvalue weighted by atomic mass is 10.1. The second kappa shape index (κ2) is 7.75. The Morgan fingerprint density at radius 1 is 1.20 bits per heavy atom. The molecule has 0 bridgehead atoms. The Morgan fingerprint density at radius 3 is 2.35 bits per heavy atom. The second-order valence-electron chi connectivity index (χ2n) is 3.62. The largest absolute Gasteiger partial charge is 0.496 e. The maximum absolute atomic E-state index is 12.0. The predicted molar refractivity (Wildman–Crippen MR) is 72.4 cm³/mol. The first kappa shape index (κ1) is 15.5. The Morgan fingerprint density at radius 2 is 1.80 bits per heavy atom. The van der Waals surface area contributed by atoms with E-state index in [1.165, 1.54) is 27.4 Å². The lowest BCUT2D eigenvalue weighted by Gasteiger charge is -2.13. The fourth-order valence-electron chi connectivity index (χ4n) is 1.57. The second-order valence-corrected chi connectivity index (χ2v) is 3.62. The van der Waals surface area contributed by atoms with E-state index >= 15 is 0 Å². The minimum absolute atomic E-state index is 0.178. The number of methoxy groups -OCH3 is 3. The molecule has 0 atom stereocenters. The highest BCUT2D eigenvalue weighted by atomic mass is 16.5. The number of amides is 1. The van der Waals surface area contributed by atoms with Gasteiger partial charge in [-0.1, -0.05) is 5.11 Å². The van der Waals surface area contributed by atoms with Crippen molar-refractivity contribution < 1.29 is 19.0 Å². The summed E-state index contributed by atoms with van der Waals surface area (Å²) < 4.78 is 15.4. The van der Waals surface area contributed by atoms with Crippen LogP contribution in [0.15, 0.2) is 17.2 Å². The standard InChI is InChI=1S/C12H16N4O4/c1-18-9-7-11(20-3)10(19-2)6-8(9)12(17)14-4-5-15-16-13/h6-7H,4-5H2,1-3H3,(H,14,17). The highest BCUT2D eigenvalue weighted by Gasteiger charge is 2.17. The number of azide groups is 1. The van der Waals surface area contributed by atoms with Crippen molar-refractivity contribution in [2.45, 2.75) is 0 Å². The smallest absolute Gasteiger partial charge is 0.255 e. The molecule has 0 aliphatic heterocycles. The molecule has 0 heterocycles. The zero-order valence-corrected chi connectivity index (χ0v) is 11.5. The normalized spacial score (nSPS) is 9.35. The lowest BCUT2D eigenvalue weighted by molar-refractivity contribution is 0.0951. The quantitative estimate of drug-likeness (QED) is 0.355. The molecule has 0 fully saturated rings. The Kier molecular flexibility index (Phi) is 5.99. The van der Waals surface area contributed by atoms with Crippen LogP contribution in [0.4, 0.5) is 0 Å². The van der Waals surface area contributed by atoms with Crippen molar-refractivity contribution >= 4 is 5.91 Å². The molecular weight excluding hydrogens is 264 g/mol. The van der Waals surface area contributed by atoms with E-state index in [-0.39, 0.29) is 19.0 Å². The Bertz CT molecular complexity index is 526. The molecule has 0 saturated carbocycles. The van der Waals surface area contributed by atoms with E-state index in [1.54, 1.807) is 6.07 Å². The van der Waals surface area contributed by atoms with Crippen LogP contribution in [0.2, 0.25) is 0 Å². The maximum Gasteiger partial charge on any atom is 0.255 e. The molecular formula is C12H16N4O4. The summed E-state index contributed by atoms with van der Waals surface area (Å²) in [5, 5.41) is 5.95. The van der Waals surface area contributed by atoms with E-state index in [0.717, 1.165) is 0 Å². The zero-order chi connectivity index (χ0) is 15.0. The summed E-state index contributed by atoms with van der Waals surface area (Å²) in [6.45, 7) is 0.415. The summed E-state index contributed by atoms with van der Waals surface area (Å²) in [7, 11) is 4.43. The van der Waals surface area contributed by atoms with Crippen LogP contribution in [-0.2, 0) is 0 Å². The van der Waals surface area contributed by atoms with E-state index in [2.05, 4.69) is 15.3 Å². The number of ether oxygens (including phenoxy) is 3. The molecule has 0 aromatic heterocycles. The monoisotopic (exact) mass is 280 g/mol. The first-order chi connectivity index (χ1) is 9.67. The van der Waals surface area contributed by atoms with Crippen LogP contribution in [0.25, 0.3) is 10.4 Å². The van der Waals surface area contributed by atoms with Crippen LogP contribution < -0.4 is 19.5 Å². The number of carbonyl (C=O) groups excluding carboxylic acids is 1. The van der Waals surface area contributed by atoms with Crippen molar-refractivity contribution in [2.24, 2.45) is 5.11 Å². The lowest BCUT2D eigenvalue weighted by Crippen LogP contribution is -2.26. The van der Waals surface area contributed by atoms with Gasteiger partial charge in [0.2, 0.25) is 0 Å². The molecule has 1 aromatic rings. The number of rotatable bonds is 7. The van der Waals surface area contributed by atoms with E-state index in [4.69, 9.17) is 19.7 Å². The third kappa shape index (κ3) is 3.69. The number of hydrogen-bond acceptors (Lipinski definition) is 5. The van der Waals surface area contributed by atoms with Gasteiger partial charge in [0.25, 0.3) is 5.91 Å². The molecule has 1 amide bonds. The average molecular weight is 280 g/mol. The summed E-state index contributed by atoms with van der Waals surface area (Å²) in [5.41, 5.74) is 8.46. The molecule has 108 valence electrons. The van der Waals surface area contributed by atoms with Crippen molar-refractivity contribution in [2.75, 3.05) is 34.4 Å². The molecule has 0 aliphatic rings. The molecule has 0 saturated heterocycles. The van der Waals surface area contributed by atoms with E-state index in [9.17, 15) is 4.79 Å². The van der Waals surface area contributed by atoms with Crippen molar-refractivity contribution in [3.05, 3.63) is 28.1 Å². The minimum Gasteiger partial charge on any atom is -0.496 e. The Balaban J connectivity index is 2.97. The van der Waals surface area contributed by atoms with Crippen LogP contribution in [0.3, 0.4) is 0 Å². The van der Waals surface area contributed by atoms with Crippen molar-refractivity contribution in [3.63, 3.8) is 0 Å². The van der Waals surface area contributed by atoms with E-state index in [1.807, 2.05) is 0 Å². The number of nitrogens with one attached hydrogen (secondary N) is 1.